The number of hydrogen-bond donors (Lipinski definition) is 1. The van der Waals surface area contributed by atoms with Gasteiger partial charge in [-0.05, 0) is 25.0 Å². The average Bonchev–Trinajstić information content (AvgIpc) is 2.99. The third kappa shape index (κ3) is 5.39. The molecule has 0 saturated carbocycles. The van der Waals surface area contributed by atoms with Crippen LogP contribution in [-0.2, 0) is 21.7 Å². The van der Waals surface area contributed by atoms with Crippen LogP contribution in [0.4, 0.5) is 5.00 Å². The molecule has 24 heavy (non-hydrogen) atoms. The van der Waals surface area contributed by atoms with Crippen molar-refractivity contribution in [1.29, 1.82) is 0 Å². The molecule has 6 heteroatoms. The lowest BCUT2D eigenvalue weighted by molar-refractivity contribution is -0.113. The topological polar surface area (TPSA) is 55.4 Å². The molecule has 0 aliphatic heterocycles. The highest BCUT2D eigenvalue weighted by molar-refractivity contribution is 7.99. The molecule has 0 fully saturated rings. The molecule has 0 bridgehead atoms. The van der Waals surface area contributed by atoms with Gasteiger partial charge in [-0.1, -0.05) is 37.3 Å². The predicted molar refractivity (Wildman–Crippen MR) is 101 cm³/mol. The summed E-state index contributed by atoms with van der Waals surface area (Å²) in [5, 5.41) is 3.43. The zero-order chi connectivity index (χ0) is 17.4. The molecule has 0 spiro atoms. The predicted octanol–water partition coefficient (Wildman–Crippen LogP) is 4.36. The lowest BCUT2D eigenvalue weighted by Gasteiger charge is -2.06. The first-order valence-corrected chi connectivity index (χ1v) is 9.82. The van der Waals surface area contributed by atoms with Crippen molar-refractivity contribution in [1.82, 2.24) is 0 Å². The van der Waals surface area contributed by atoms with Gasteiger partial charge in [0.1, 0.15) is 5.00 Å². The second-order valence-corrected chi connectivity index (χ2v) is 7.18. The highest BCUT2D eigenvalue weighted by atomic mass is 32.2. The van der Waals surface area contributed by atoms with Crippen LogP contribution in [0.3, 0.4) is 0 Å². The van der Waals surface area contributed by atoms with E-state index >= 15 is 0 Å². The monoisotopic (exact) mass is 363 g/mol. The van der Waals surface area contributed by atoms with Crippen molar-refractivity contribution >= 4 is 40.0 Å². The molecule has 0 unspecified atom stereocenters. The van der Waals surface area contributed by atoms with Gasteiger partial charge in [-0.25, -0.2) is 4.79 Å². The first kappa shape index (κ1) is 18.5. The molecule has 2 rings (SSSR count). The maximum absolute atomic E-state index is 12.2. The van der Waals surface area contributed by atoms with E-state index in [0.29, 0.717) is 22.9 Å². The normalized spacial score (nSPS) is 10.4. The fraction of sp³-hybridized carbons (Fsp3) is 0.333. The summed E-state index contributed by atoms with van der Waals surface area (Å²) in [6.07, 6.45) is 0.815. The lowest BCUT2D eigenvalue weighted by atomic mass is 10.2. The number of aryl methyl sites for hydroxylation is 1. The number of benzene rings is 1. The molecule has 0 radical (unpaired) electrons. The number of amides is 1. The van der Waals surface area contributed by atoms with Gasteiger partial charge in [0.15, 0.2) is 0 Å². The Morgan fingerprint density at radius 3 is 2.62 bits per heavy atom. The van der Waals surface area contributed by atoms with E-state index in [0.717, 1.165) is 17.1 Å². The molecule has 0 atom stereocenters. The van der Waals surface area contributed by atoms with Crippen LogP contribution in [0, 0.1) is 0 Å². The number of esters is 1. The summed E-state index contributed by atoms with van der Waals surface area (Å²) in [5.74, 6) is 0.631. The number of anilines is 1. The molecule has 4 nitrogen and oxygen atoms in total. The Kier molecular flexibility index (Phi) is 7.34. The van der Waals surface area contributed by atoms with Crippen LogP contribution in [0.1, 0.15) is 34.6 Å². The standard InChI is InChI=1S/C18H21NO3S2/c1-3-14-10-15(18(21)22-4-2)17(24-14)19-16(20)12-23-11-13-8-6-5-7-9-13/h5-10H,3-4,11-12H2,1-2H3,(H,19,20). The van der Waals surface area contributed by atoms with E-state index in [9.17, 15) is 9.59 Å². The Bertz CT molecular complexity index is 683. The molecular weight excluding hydrogens is 342 g/mol. The number of ether oxygens (including phenoxy) is 1. The minimum Gasteiger partial charge on any atom is -0.462 e. The zero-order valence-electron chi connectivity index (χ0n) is 13.8. The Labute approximate surface area is 150 Å². The number of carbonyl (C=O) groups is 2. The Morgan fingerprint density at radius 1 is 1.21 bits per heavy atom. The van der Waals surface area contributed by atoms with Gasteiger partial charge in [0.25, 0.3) is 0 Å². The van der Waals surface area contributed by atoms with Gasteiger partial charge in [0.05, 0.1) is 17.9 Å². The van der Waals surface area contributed by atoms with E-state index in [1.165, 1.54) is 16.9 Å². The summed E-state index contributed by atoms with van der Waals surface area (Å²) in [7, 11) is 0. The largest absolute Gasteiger partial charge is 0.462 e. The Morgan fingerprint density at radius 2 is 1.96 bits per heavy atom. The van der Waals surface area contributed by atoms with Crippen LogP contribution in [-0.4, -0.2) is 24.2 Å². The molecule has 128 valence electrons. The quantitative estimate of drug-likeness (QED) is 0.708. The first-order valence-electron chi connectivity index (χ1n) is 7.85. The molecule has 1 aromatic carbocycles. The van der Waals surface area contributed by atoms with Gasteiger partial charge in [-0.3, -0.25) is 4.79 Å². The fourth-order valence-corrected chi connectivity index (χ4v) is 3.86. The molecular formula is C18H21NO3S2. The number of rotatable bonds is 8. The molecule has 0 saturated heterocycles. The summed E-state index contributed by atoms with van der Waals surface area (Å²) in [6.45, 7) is 4.10. The van der Waals surface area contributed by atoms with Crippen LogP contribution in [0.5, 0.6) is 0 Å². The summed E-state index contributed by atoms with van der Waals surface area (Å²) in [5.41, 5.74) is 1.63. The van der Waals surface area contributed by atoms with Crippen molar-refractivity contribution < 1.29 is 14.3 Å². The molecule has 1 N–H and O–H groups in total. The van der Waals surface area contributed by atoms with E-state index < -0.39 is 0 Å². The van der Waals surface area contributed by atoms with Crippen LogP contribution < -0.4 is 5.32 Å². The smallest absolute Gasteiger partial charge is 0.341 e. The molecule has 0 aliphatic rings. The van der Waals surface area contributed by atoms with Gasteiger partial charge in [0, 0.05) is 10.6 Å². The van der Waals surface area contributed by atoms with Gasteiger partial charge < -0.3 is 10.1 Å². The SMILES string of the molecule is CCOC(=O)c1cc(CC)sc1NC(=O)CSCc1ccccc1. The fourth-order valence-electron chi connectivity index (χ4n) is 2.07. The van der Waals surface area contributed by atoms with Gasteiger partial charge in [-0.15, -0.1) is 23.1 Å². The summed E-state index contributed by atoms with van der Waals surface area (Å²) in [6, 6.07) is 11.8. The van der Waals surface area contributed by atoms with Gasteiger partial charge in [0.2, 0.25) is 5.91 Å². The van der Waals surface area contributed by atoms with E-state index in [4.69, 9.17) is 4.74 Å². The number of carbonyl (C=O) groups excluding carboxylic acids is 2. The lowest BCUT2D eigenvalue weighted by Crippen LogP contribution is -2.16. The Balaban J connectivity index is 1.93. The minimum absolute atomic E-state index is 0.106. The van der Waals surface area contributed by atoms with Crippen molar-refractivity contribution in [3.05, 3.63) is 52.4 Å². The van der Waals surface area contributed by atoms with Crippen LogP contribution in [0.15, 0.2) is 36.4 Å². The molecule has 0 aliphatic carbocycles. The average molecular weight is 364 g/mol. The maximum atomic E-state index is 12.2. The number of nitrogens with one attached hydrogen (secondary N) is 1. The van der Waals surface area contributed by atoms with E-state index in [-0.39, 0.29) is 11.9 Å². The van der Waals surface area contributed by atoms with Crippen LogP contribution in [0.25, 0.3) is 0 Å². The van der Waals surface area contributed by atoms with E-state index in [1.54, 1.807) is 24.8 Å². The first-order chi connectivity index (χ1) is 11.6. The van der Waals surface area contributed by atoms with Crippen molar-refractivity contribution in [2.45, 2.75) is 26.0 Å². The minimum atomic E-state index is -0.388. The maximum Gasteiger partial charge on any atom is 0.341 e. The number of hydrogen-bond acceptors (Lipinski definition) is 5. The number of thiophene rings is 1. The highest BCUT2D eigenvalue weighted by Gasteiger charge is 2.18. The van der Waals surface area contributed by atoms with Crippen LogP contribution >= 0.6 is 23.1 Å². The number of thioether (sulfide) groups is 1. The highest BCUT2D eigenvalue weighted by Crippen LogP contribution is 2.29. The molecule has 1 amide bonds. The zero-order valence-corrected chi connectivity index (χ0v) is 15.5. The Hall–Kier alpha value is -1.79. The van der Waals surface area contributed by atoms with E-state index in [1.807, 2.05) is 37.3 Å². The van der Waals surface area contributed by atoms with Crippen molar-refractivity contribution in [2.24, 2.45) is 0 Å². The molecule has 1 aromatic heterocycles. The molecule has 1 heterocycles. The summed E-state index contributed by atoms with van der Waals surface area (Å²) < 4.78 is 5.06. The second-order valence-electron chi connectivity index (χ2n) is 5.06. The summed E-state index contributed by atoms with van der Waals surface area (Å²) >= 11 is 2.98. The van der Waals surface area contributed by atoms with E-state index in [2.05, 4.69) is 5.32 Å². The van der Waals surface area contributed by atoms with Gasteiger partial charge >= 0.3 is 5.97 Å². The third-order valence-electron chi connectivity index (χ3n) is 3.22. The van der Waals surface area contributed by atoms with Crippen LogP contribution in [0.2, 0.25) is 0 Å². The molecule has 2 aromatic rings. The second kappa shape index (κ2) is 9.49. The van der Waals surface area contributed by atoms with Crippen molar-refractivity contribution in [3.63, 3.8) is 0 Å². The third-order valence-corrected chi connectivity index (χ3v) is 5.42. The van der Waals surface area contributed by atoms with Gasteiger partial charge in [-0.2, -0.15) is 0 Å². The van der Waals surface area contributed by atoms with Crippen molar-refractivity contribution in [2.75, 3.05) is 17.7 Å². The summed E-state index contributed by atoms with van der Waals surface area (Å²) in [4.78, 5) is 25.2. The van der Waals surface area contributed by atoms with Crippen molar-refractivity contribution in [3.8, 4) is 0 Å².